The predicted molar refractivity (Wildman–Crippen MR) is 111 cm³/mol. The number of nitrogens with one attached hydrogen (secondary N) is 2. The lowest BCUT2D eigenvalue weighted by molar-refractivity contribution is -0.135. The van der Waals surface area contributed by atoms with Crippen LogP contribution in [0.15, 0.2) is 23.1 Å². The zero-order valence-electron chi connectivity index (χ0n) is 17.7. The summed E-state index contributed by atoms with van der Waals surface area (Å²) in [5.74, 6) is -0.427. The molecular weight excluding hydrogens is 408 g/mol. The molecule has 1 aliphatic heterocycles. The standard InChI is InChI=1S/C20H28N4O5S/c1-13-7-9-20(10-8-13)18(26)24(19(27)22-20)12-17(25)21-16-11-15(6-5-14(16)2)30(28,29)23(3)4/h5-6,11,13H,7-10,12H2,1-4H3,(H,21,25)(H,22,27). The highest BCUT2D eigenvalue weighted by Crippen LogP contribution is 2.36. The Kier molecular flexibility index (Phi) is 5.92. The van der Waals surface area contributed by atoms with Crippen LogP contribution in [0.4, 0.5) is 10.5 Å². The van der Waals surface area contributed by atoms with E-state index in [1.807, 2.05) is 0 Å². The lowest BCUT2D eigenvalue weighted by Crippen LogP contribution is -2.49. The van der Waals surface area contributed by atoms with Gasteiger partial charge in [0.25, 0.3) is 5.91 Å². The molecule has 1 spiro atoms. The van der Waals surface area contributed by atoms with Crippen LogP contribution in [-0.2, 0) is 19.6 Å². The first-order chi connectivity index (χ1) is 14.0. The Balaban J connectivity index is 1.73. The van der Waals surface area contributed by atoms with Crippen LogP contribution in [-0.4, -0.2) is 61.6 Å². The van der Waals surface area contributed by atoms with Crippen LogP contribution in [0.1, 0.15) is 38.2 Å². The summed E-state index contributed by atoms with van der Waals surface area (Å²) in [6, 6.07) is 3.87. The van der Waals surface area contributed by atoms with Crippen molar-refractivity contribution in [2.75, 3.05) is 26.0 Å². The minimum absolute atomic E-state index is 0.0404. The van der Waals surface area contributed by atoms with Gasteiger partial charge in [-0.25, -0.2) is 17.5 Å². The fourth-order valence-corrected chi connectivity index (χ4v) is 4.78. The monoisotopic (exact) mass is 436 g/mol. The van der Waals surface area contributed by atoms with Crippen molar-refractivity contribution in [3.05, 3.63) is 23.8 Å². The van der Waals surface area contributed by atoms with Gasteiger partial charge in [-0.3, -0.25) is 14.5 Å². The Morgan fingerprint density at radius 3 is 2.50 bits per heavy atom. The summed E-state index contributed by atoms with van der Waals surface area (Å²) in [7, 11) is -0.815. The maximum Gasteiger partial charge on any atom is 0.325 e. The van der Waals surface area contributed by atoms with Gasteiger partial charge in [0, 0.05) is 19.8 Å². The average molecular weight is 437 g/mol. The number of rotatable bonds is 5. The number of anilines is 1. The van der Waals surface area contributed by atoms with Crippen LogP contribution in [0.5, 0.6) is 0 Å². The van der Waals surface area contributed by atoms with E-state index in [2.05, 4.69) is 17.6 Å². The highest BCUT2D eigenvalue weighted by atomic mass is 32.2. The summed E-state index contributed by atoms with van der Waals surface area (Å²) in [4.78, 5) is 38.8. The first kappa shape index (κ1) is 22.2. The van der Waals surface area contributed by atoms with E-state index in [0.29, 0.717) is 30.0 Å². The molecule has 0 unspecified atom stereocenters. The van der Waals surface area contributed by atoms with E-state index in [-0.39, 0.29) is 10.8 Å². The molecule has 30 heavy (non-hydrogen) atoms. The van der Waals surface area contributed by atoms with Gasteiger partial charge >= 0.3 is 6.03 Å². The first-order valence-corrected chi connectivity index (χ1v) is 11.4. The SMILES string of the molecule is Cc1ccc(S(=O)(=O)N(C)C)cc1NC(=O)CN1C(=O)NC2(CCC(C)CC2)C1=O. The van der Waals surface area contributed by atoms with E-state index < -0.39 is 34.0 Å². The summed E-state index contributed by atoms with van der Waals surface area (Å²) in [6.45, 7) is 3.42. The quantitative estimate of drug-likeness (QED) is 0.682. The van der Waals surface area contributed by atoms with Crippen molar-refractivity contribution in [2.45, 2.75) is 50.0 Å². The largest absolute Gasteiger partial charge is 0.325 e. The minimum Gasteiger partial charge on any atom is -0.324 e. The molecule has 3 rings (SSSR count). The summed E-state index contributed by atoms with van der Waals surface area (Å²) in [6.07, 6.45) is 2.83. The third-order valence-electron chi connectivity index (χ3n) is 5.94. The molecule has 1 saturated carbocycles. The van der Waals surface area contributed by atoms with E-state index in [4.69, 9.17) is 0 Å². The normalized spacial score (nSPS) is 24.4. The van der Waals surface area contributed by atoms with Gasteiger partial charge in [-0.15, -0.1) is 0 Å². The highest BCUT2D eigenvalue weighted by molar-refractivity contribution is 7.89. The van der Waals surface area contributed by atoms with E-state index in [9.17, 15) is 22.8 Å². The number of sulfonamides is 1. The molecule has 0 bridgehead atoms. The average Bonchev–Trinajstić information content (AvgIpc) is 2.90. The molecule has 164 valence electrons. The zero-order chi connectivity index (χ0) is 22.3. The van der Waals surface area contributed by atoms with Crippen molar-refractivity contribution in [2.24, 2.45) is 5.92 Å². The zero-order valence-corrected chi connectivity index (χ0v) is 18.5. The summed E-state index contributed by atoms with van der Waals surface area (Å²) >= 11 is 0. The van der Waals surface area contributed by atoms with E-state index in [1.54, 1.807) is 13.0 Å². The molecule has 10 heteroatoms. The molecule has 1 aromatic rings. The molecule has 9 nitrogen and oxygen atoms in total. The van der Waals surface area contributed by atoms with Crippen LogP contribution in [0.3, 0.4) is 0 Å². The van der Waals surface area contributed by atoms with Gasteiger partial charge in [-0.1, -0.05) is 13.0 Å². The molecule has 0 aromatic heterocycles. The molecule has 1 heterocycles. The molecule has 2 aliphatic rings. The van der Waals surface area contributed by atoms with Gasteiger partial charge in [0.1, 0.15) is 12.1 Å². The summed E-state index contributed by atoms with van der Waals surface area (Å²) < 4.78 is 25.8. The number of imide groups is 1. The maximum atomic E-state index is 12.9. The molecule has 2 fully saturated rings. The Labute approximate surface area is 176 Å². The Morgan fingerprint density at radius 2 is 1.90 bits per heavy atom. The number of carbonyl (C=O) groups is 3. The minimum atomic E-state index is -3.66. The van der Waals surface area contributed by atoms with Gasteiger partial charge in [-0.05, 0) is 56.2 Å². The second kappa shape index (κ2) is 7.99. The number of amides is 4. The Bertz CT molecular complexity index is 981. The van der Waals surface area contributed by atoms with Crippen LogP contribution >= 0.6 is 0 Å². The summed E-state index contributed by atoms with van der Waals surface area (Å²) in [5.41, 5.74) is 0.0756. The number of carbonyl (C=O) groups excluding carboxylic acids is 3. The second-order valence-electron chi connectivity index (χ2n) is 8.40. The topological polar surface area (TPSA) is 116 Å². The van der Waals surface area contributed by atoms with E-state index in [0.717, 1.165) is 22.0 Å². The molecule has 0 radical (unpaired) electrons. The molecule has 4 amide bonds. The number of hydrogen-bond acceptors (Lipinski definition) is 5. The fourth-order valence-electron chi connectivity index (χ4n) is 3.85. The highest BCUT2D eigenvalue weighted by Gasteiger charge is 2.52. The molecular formula is C20H28N4O5S. The Morgan fingerprint density at radius 1 is 1.27 bits per heavy atom. The van der Waals surface area contributed by atoms with Crippen LogP contribution in [0, 0.1) is 12.8 Å². The lowest BCUT2D eigenvalue weighted by atomic mass is 9.77. The Hall–Kier alpha value is -2.46. The third kappa shape index (κ3) is 4.06. The number of urea groups is 1. The lowest BCUT2D eigenvalue weighted by Gasteiger charge is -2.33. The number of hydrogen-bond donors (Lipinski definition) is 2. The van der Waals surface area contributed by atoms with Gasteiger partial charge in [-0.2, -0.15) is 0 Å². The molecule has 1 aliphatic carbocycles. The van der Waals surface area contributed by atoms with Gasteiger partial charge in [0.05, 0.1) is 4.90 Å². The van der Waals surface area contributed by atoms with E-state index in [1.165, 1.54) is 26.2 Å². The maximum absolute atomic E-state index is 12.9. The molecule has 1 saturated heterocycles. The second-order valence-corrected chi connectivity index (χ2v) is 10.6. The van der Waals surface area contributed by atoms with Crippen molar-refractivity contribution in [3.63, 3.8) is 0 Å². The van der Waals surface area contributed by atoms with Crippen LogP contribution in [0.25, 0.3) is 0 Å². The fraction of sp³-hybridized carbons (Fsp3) is 0.550. The predicted octanol–water partition coefficient (Wildman–Crippen LogP) is 1.68. The van der Waals surface area contributed by atoms with Crippen molar-refractivity contribution >= 4 is 33.6 Å². The van der Waals surface area contributed by atoms with Crippen molar-refractivity contribution in [1.82, 2.24) is 14.5 Å². The van der Waals surface area contributed by atoms with Crippen molar-refractivity contribution < 1.29 is 22.8 Å². The van der Waals surface area contributed by atoms with Gasteiger partial charge in [0.2, 0.25) is 15.9 Å². The van der Waals surface area contributed by atoms with Crippen molar-refractivity contribution in [1.29, 1.82) is 0 Å². The van der Waals surface area contributed by atoms with Crippen LogP contribution in [0.2, 0.25) is 0 Å². The van der Waals surface area contributed by atoms with Gasteiger partial charge < -0.3 is 10.6 Å². The number of benzene rings is 1. The van der Waals surface area contributed by atoms with Gasteiger partial charge in [0.15, 0.2) is 0 Å². The third-order valence-corrected chi connectivity index (χ3v) is 7.75. The smallest absolute Gasteiger partial charge is 0.324 e. The molecule has 2 N–H and O–H groups in total. The molecule has 0 atom stereocenters. The summed E-state index contributed by atoms with van der Waals surface area (Å²) in [5, 5.41) is 5.42. The first-order valence-electron chi connectivity index (χ1n) is 9.93. The number of aryl methyl sites for hydroxylation is 1. The van der Waals surface area contributed by atoms with Crippen LogP contribution < -0.4 is 10.6 Å². The van der Waals surface area contributed by atoms with E-state index >= 15 is 0 Å². The van der Waals surface area contributed by atoms with Crippen molar-refractivity contribution in [3.8, 4) is 0 Å². The molecule has 1 aromatic carbocycles. The number of nitrogens with zero attached hydrogens (tertiary/aromatic N) is 2.